The molecule has 0 bridgehead atoms. The summed E-state index contributed by atoms with van der Waals surface area (Å²) >= 11 is 0. The van der Waals surface area contributed by atoms with Gasteiger partial charge >= 0.3 is 17.9 Å². The van der Waals surface area contributed by atoms with Gasteiger partial charge in [0.2, 0.25) is 0 Å². The first-order chi connectivity index (χ1) is 39.0. The third-order valence-corrected chi connectivity index (χ3v) is 17.1. The minimum absolute atomic E-state index is 0.0605. The van der Waals surface area contributed by atoms with E-state index in [-0.39, 0.29) is 31.1 Å². The Morgan fingerprint density at radius 1 is 0.203 bits per heavy atom. The molecule has 0 heterocycles. The van der Waals surface area contributed by atoms with Crippen LogP contribution in [0.1, 0.15) is 432 Å². The molecular weight excluding hydrogens is 973 g/mol. The second kappa shape index (κ2) is 68.9. The number of unbranched alkanes of at least 4 members (excludes halogenated alkanes) is 58. The van der Waals surface area contributed by atoms with Crippen molar-refractivity contribution in [1.29, 1.82) is 0 Å². The lowest BCUT2D eigenvalue weighted by Crippen LogP contribution is -2.30. The first-order valence-corrected chi connectivity index (χ1v) is 36.5. The van der Waals surface area contributed by atoms with Crippen LogP contribution in [0.4, 0.5) is 0 Å². The van der Waals surface area contributed by atoms with E-state index in [9.17, 15) is 14.4 Å². The van der Waals surface area contributed by atoms with Crippen molar-refractivity contribution in [1.82, 2.24) is 0 Å². The third kappa shape index (κ3) is 67.1. The van der Waals surface area contributed by atoms with E-state index in [1.807, 2.05) is 0 Å². The lowest BCUT2D eigenvalue weighted by molar-refractivity contribution is -0.167. The van der Waals surface area contributed by atoms with Gasteiger partial charge in [-0.05, 0) is 19.3 Å². The van der Waals surface area contributed by atoms with Crippen LogP contribution in [0.5, 0.6) is 0 Å². The fourth-order valence-corrected chi connectivity index (χ4v) is 11.6. The number of hydrogen-bond donors (Lipinski definition) is 0. The minimum Gasteiger partial charge on any atom is -0.462 e. The Hall–Kier alpha value is -1.59. The molecule has 0 radical (unpaired) electrons. The lowest BCUT2D eigenvalue weighted by atomic mass is 10.0. The number of hydrogen-bond acceptors (Lipinski definition) is 6. The first kappa shape index (κ1) is 77.4. The van der Waals surface area contributed by atoms with E-state index in [0.29, 0.717) is 19.3 Å². The van der Waals surface area contributed by atoms with Crippen molar-refractivity contribution in [3.63, 3.8) is 0 Å². The van der Waals surface area contributed by atoms with Crippen LogP contribution in [0, 0.1) is 0 Å². The van der Waals surface area contributed by atoms with E-state index in [1.54, 1.807) is 0 Å². The molecule has 0 aromatic heterocycles. The summed E-state index contributed by atoms with van der Waals surface area (Å²) in [5.74, 6) is -0.824. The van der Waals surface area contributed by atoms with E-state index in [0.717, 1.165) is 57.8 Å². The summed E-state index contributed by atoms with van der Waals surface area (Å²) in [7, 11) is 0. The minimum atomic E-state index is -0.763. The highest BCUT2D eigenvalue weighted by atomic mass is 16.6. The van der Waals surface area contributed by atoms with Gasteiger partial charge in [0.15, 0.2) is 6.10 Å². The zero-order valence-corrected chi connectivity index (χ0v) is 54.2. The van der Waals surface area contributed by atoms with E-state index in [1.165, 1.54) is 334 Å². The average Bonchev–Trinajstić information content (AvgIpc) is 3.45. The molecule has 79 heavy (non-hydrogen) atoms. The predicted octanol–water partition coefficient (Wildman–Crippen LogP) is 25.0. The summed E-state index contributed by atoms with van der Waals surface area (Å²) in [6, 6.07) is 0. The normalized spacial score (nSPS) is 11.9. The van der Waals surface area contributed by atoms with Crippen molar-refractivity contribution in [3.05, 3.63) is 0 Å². The standard InChI is InChI=1S/C73H142O6/c1-4-7-10-13-16-19-22-24-26-28-30-32-33-34-35-36-37-38-39-40-42-43-45-47-49-51-54-57-60-63-66-72(75)78-69-70(68-77-71(74)65-62-59-56-53-21-18-15-12-9-6-3)79-73(76)67-64-61-58-55-52-50-48-46-44-41-31-29-27-25-23-20-17-14-11-8-5-2/h70H,4-69H2,1-3H3. The molecule has 0 aliphatic rings. The van der Waals surface area contributed by atoms with Gasteiger partial charge in [0.05, 0.1) is 0 Å². The van der Waals surface area contributed by atoms with Crippen LogP contribution in [0.3, 0.4) is 0 Å². The fourth-order valence-electron chi connectivity index (χ4n) is 11.6. The topological polar surface area (TPSA) is 78.9 Å². The molecule has 470 valence electrons. The Morgan fingerprint density at radius 2 is 0.342 bits per heavy atom. The third-order valence-electron chi connectivity index (χ3n) is 17.1. The molecule has 0 aliphatic heterocycles. The molecule has 0 spiro atoms. The van der Waals surface area contributed by atoms with Crippen molar-refractivity contribution in [3.8, 4) is 0 Å². The number of rotatable bonds is 69. The maximum atomic E-state index is 12.9. The summed E-state index contributed by atoms with van der Waals surface area (Å²) in [5.41, 5.74) is 0. The zero-order chi connectivity index (χ0) is 57.1. The Kier molecular flexibility index (Phi) is 67.5. The van der Waals surface area contributed by atoms with Gasteiger partial charge in [-0.25, -0.2) is 0 Å². The highest BCUT2D eigenvalue weighted by molar-refractivity contribution is 5.71. The molecule has 0 aromatic rings. The van der Waals surface area contributed by atoms with Crippen LogP contribution in [-0.2, 0) is 28.6 Å². The Balaban J connectivity index is 4.05. The van der Waals surface area contributed by atoms with Crippen LogP contribution < -0.4 is 0 Å². The van der Waals surface area contributed by atoms with Gasteiger partial charge in [0.25, 0.3) is 0 Å². The molecule has 1 unspecified atom stereocenters. The van der Waals surface area contributed by atoms with E-state index < -0.39 is 6.10 Å². The molecule has 0 aliphatic carbocycles. The van der Waals surface area contributed by atoms with Gasteiger partial charge in [-0.1, -0.05) is 393 Å². The molecule has 0 saturated carbocycles. The highest BCUT2D eigenvalue weighted by Crippen LogP contribution is 2.20. The first-order valence-electron chi connectivity index (χ1n) is 36.5. The van der Waals surface area contributed by atoms with Crippen molar-refractivity contribution >= 4 is 17.9 Å². The molecule has 0 fully saturated rings. The summed E-state index contributed by atoms with van der Waals surface area (Å²) < 4.78 is 17.0. The number of carbonyl (C=O) groups is 3. The molecular formula is C73H142O6. The SMILES string of the molecule is CCCCCCCCCCCCCCCCCCCCCCCCCCCCCCCCC(=O)OCC(COC(=O)CCCCCCCCCCCC)OC(=O)CCCCCCCCCCCCCCCCCCCCCCC. The second-order valence-electron chi connectivity index (χ2n) is 25.2. The van der Waals surface area contributed by atoms with Crippen LogP contribution in [0.2, 0.25) is 0 Å². The molecule has 1 atom stereocenters. The maximum Gasteiger partial charge on any atom is 0.306 e. The lowest BCUT2D eigenvalue weighted by Gasteiger charge is -2.18. The van der Waals surface area contributed by atoms with E-state index in [2.05, 4.69) is 20.8 Å². The predicted molar refractivity (Wildman–Crippen MR) is 344 cm³/mol. The Morgan fingerprint density at radius 3 is 0.506 bits per heavy atom. The second-order valence-corrected chi connectivity index (χ2v) is 25.2. The van der Waals surface area contributed by atoms with Crippen molar-refractivity contribution in [2.45, 2.75) is 438 Å². The number of carbonyl (C=O) groups excluding carboxylic acids is 3. The molecule has 0 N–H and O–H groups in total. The van der Waals surface area contributed by atoms with Gasteiger partial charge in [-0.3, -0.25) is 14.4 Å². The van der Waals surface area contributed by atoms with Crippen LogP contribution >= 0.6 is 0 Å². The smallest absolute Gasteiger partial charge is 0.306 e. The maximum absolute atomic E-state index is 12.9. The summed E-state index contributed by atoms with van der Waals surface area (Å²) in [5, 5.41) is 0. The quantitative estimate of drug-likeness (QED) is 0.0343. The molecule has 0 rings (SSSR count). The van der Waals surface area contributed by atoms with Gasteiger partial charge in [0, 0.05) is 19.3 Å². The van der Waals surface area contributed by atoms with Crippen LogP contribution in [0.15, 0.2) is 0 Å². The molecule has 6 nitrogen and oxygen atoms in total. The summed E-state index contributed by atoms with van der Waals surface area (Å²) in [4.78, 5) is 38.3. The molecule has 0 amide bonds. The molecule has 0 saturated heterocycles. The van der Waals surface area contributed by atoms with E-state index in [4.69, 9.17) is 14.2 Å². The Labute approximate surface area is 495 Å². The average molecular weight is 1120 g/mol. The summed E-state index contributed by atoms with van der Waals surface area (Å²) in [6.07, 6.45) is 81.6. The van der Waals surface area contributed by atoms with Crippen molar-refractivity contribution in [2.75, 3.05) is 13.2 Å². The zero-order valence-electron chi connectivity index (χ0n) is 54.2. The van der Waals surface area contributed by atoms with Gasteiger partial charge in [-0.15, -0.1) is 0 Å². The highest BCUT2D eigenvalue weighted by Gasteiger charge is 2.20. The van der Waals surface area contributed by atoms with Crippen LogP contribution in [0.25, 0.3) is 0 Å². The molecule has 0 aromatic carbocycles. The number of esters is 3. The number of ether oxygens (including phenoxy) is 3. The largest absolute Gasteiger partial charge is 0.462 e. The van der Waals surface area contributed by atoms with Crippen molar-refractivity contribution < 1.29 is 28.6 Å². The Bertz CT molecular complexity index is 1190. The summed E-state index contributed by atoms with van der Waals surface area (Å²) in [6.45, 7) is 6.73. The van der Waals surface area contributed by atoms with Gasteiger partial charge in [0.1, 0.15) is 13.2 Å². The molecule has 6 heteroatoms. The fraction of sp³-hybridized carbons (Fsp3) is 0.959. The van der Waals surface area contributed by atoms with E-state index >= 15 is 0 Å². The van der Waals surface area contributed by atoms with Gasteiger partial charge in [-0.2, -0.15) is 0 Å². The van der Waals surface area contributed by atoms with Gasteiger partial charge < -0.3 is 14.2 Å². The van der Waals surface area contributed by atoms with Crippen LogP contribution in [-0.4, -0.2) is 37.2 Å². The monoisotopic (exact) mass is 1120 g/mol. The van der Waals surface area contributed by atoms with Crippen molar-refractivity contribution in [2.24, 2.45) is 0 Å².